The fourth-order valence-electron chi connectivity index (χ4n) is 1.66. The van der Waals surface area contributed by atoms with Crippen LogP contribution in [-0.4, -0.2) is 36.2 Å². The predicted molar refractivity (Wildman–Crippen MR) is 55.9 cm³/mol. The van der Waals surface area contributed by atoms with Crippen LogP contribution in [-0.2, 0) is 9.59 Å². The molecular formula is C9H13N5O2. The van der Waals surface area contributed by atoms with E-state index in [0.717, 1.165) is 5.71 Å². The van der Waals surface area contributed by atoms with Crippen molar-refractivity contribution in [3.63, 3.8) is 0 Å². The summed E-state index contributed by atoms with van der Waals surface area (Å²) in [7, 11) is 0. The SMILES string of the molecule is C[C@H](NC(=O)[C@@H]1CCC(=O)N1)C1=NN=NC1. The number of hydrogen-bond acceptors (Lipinski definition) is 5. The van der Waals surface area contributed by atoms with Gasteiger partial charge in [-0.3, -0.25) is 9.59 Å². The van der Waals surface area contributed by atoms with Crippen molar-refractivity contribution in [2.45, 2.75) is 31.8 Å². The molecule has 7 nitrogen and oxygen atoms in total. The molecule has 1 saturated heterocycles. The second-order valence-electron chi connectivity index (χ2n) is 3.87. The largest absolute Gasteiger partial charge is 0.346 e. The minimum absolute atomic E-state index is 0.0731. The van der Waals surface area contributed by atoms with E-state index >= 15 is 0 Å². The van der Waals surface area contributed by atoms with E-state index in [2.05, 4.69) is 26.1 Å². The van der Waals surface area contributed by atoms with Gasteiger partial charge in [0, 0.05) is 6.42 Å². The quantitative estimate of drug-likeness (QED) is 0.680. The summed E-state index contributed by atoms with van der Waals surface area (Å²) in [4.78, 5) is 22.7. The molecule has 0 aromatic carbocycles. The summed E-state index contributed by atoms with van der Waals surface area (Å²) in [6.45, 7) is 2.25. The molecule has 2 aliphatic rings. The molecule has 0 radical (unpaired) electrons. The van der Waals surface area contributed by atoms with E-state index in [-0.39, 0.29) is 17.9 Å². The lowest BCUT2D eigenvalue weighted by Crippen LogP contribution is -2.47. The molecule has 0 saturated carbocycles. The number of carbonyl (C=O) groups excluding carboxylic acids is 2. The molecule has 0 bridgehead atoms. The van der Waals surface area contributed by atoms with E-state index in [1.807, 2.05) is 6.92 Å². The van der Waals surface area contributed by atoms with E-state index in [1.165, 1.54) is 0 Å². The van der Waals surface area contributed by atoms with Crippen molar-refractivity contribution in [2.75, 3.05) is 6.54 Å². The molecular weight excluding hydrogens is 210 g/mol. The Morgan fingerprint density at radius 1 is 1.62 bits per heavy atom. The molecule has 0 aliphatic carbocycles. The molecule has 0 aromatic heterocycles. The van der Waals surface area contributed by atoms with Crippen molar-refractivity contribution in [2.24, 2.45) is 15.4 Å². The fourth-order valence-corrected chi connectivity index (χ4v) is 1.66. The Morgan fingerprint density at radius 3 is 3.00 bits per heavy atom. The Hall–Kier alpha value is -1.79. The molecule has 7 heteroatoms. The Labute approximate surface area is 92.4 Å². The Balaban J connectivity index is 1.85. The second-order valence-corrected chi connectivity index (χ2v) is 3.87. The minimum atomic E-state index is -0.411. The van der Waals surface area contributed by atoms with Gasteiger partial charge in [0.15, 0.2) is 0 Å². The van der Waals surface area contributed by atoms with Gasteiger partial charge in [0.05, 0.1) is 11.8 Å². The van der Waals surface area contributed by atoms with Gasteiger partial charge in [-0.1, -0.05) is 0 Å². The first-order valence-electron chi connectivity index (χ1n) is 5.20. The smallest absolute Gasteiger partial charge is 0.243 e. The molecule has 86 valence electrons. The molecule has 0 spiro atoms. The zero-order valence-corrected chi connectivity index (χ0v) is 8.93. The van der Waals surface area contributed by atoms with Crippen LogP contribution in [0.1, 0.15) is 19.8 Å². The Morgan fingerprint density at radius 2 is 2.44 bits per heavy atom. The number of rotatable bonds is 3. The van der Waals surface area contributed by atoms with Gasteiger partial charge in [-0.25, -0.2) is 0 Å². The maximum absolute atomic E-state index is 11.7. The minimum Gasteiger partial charge on any atom is -0.346 e. The summed E-state index contributed by atoms with van der Waals surface area (Å²) in [5, 5.41) is 16.4. The monoisotopic (exact) mass is 223 g/mol. The molecule has 16 heavy (non-hydrogen) atoms. The fraction of sp³-hybridized carbons (Fsp3) is 0.667. The second kappa shape index (κ2) is 4.38. The zero-order valence-electron chi connectivity index (χ0n) is 8.93. The van der Waals surface area contributed by atoms with Crippen LogP contribution in [0.2, 0.25) is 0 Å². The third-order valence-corrected chi connectivity index (χ3v) is 2.64. The average molecular weight is 223 g/mol. The van der Waals surface area contributed by atoms with Crippen molar-refractivity contribution in [1.29, 1.82) is 0 Å². The maximum atomic E-state index is 11.7. The number of nitrogens with one attached hydrogen (secondary N) is 2. The van der Waals surface area contributed by atoms with Crippen LogP contribution in [0.3, 0.4) is 0 Å². The standard InChI is InChI=1S/C9H13N5O2/c1-5(7-4-10-14-13-7)11-9(16)6-2-3-8(15)12-6/h5-6H,2-4H2,1H3,(H,11,16)(H,12,15)/t5-,6-/m0/s1. The third-order valence-electron chi connectivity index (χ3n) is 2.64. The van der Waals surface area contributed by atoms with Crippen LogP contribution in [0, 0.1) is 0 Å². The summed E-state index contributed by atoms with van der Waals surface area (Å²) in [6.07, 6.45) is 0.969. The molecule has 0 unspecified atom stereocenters. The van der Waals surface area contributed by atoms with Crippen molar-refractivity contribution >= 4 is 17.5 Å². The van der Waals surface area contributed by atoms with Gasteiger partial charge in [0.25, 0.3) is 0 Å². The van der Waals surface area contributed by atoms with Crippen molar-refractivity contribution < 1.29 is 9.59 Å². The van der Waals surface area contributed by atoms with E-state index in [9.17, 15) is 9.59 Å². The summed E-state index contributed by atoms with van der Waals surface area (Å²) in [6, 6.07) is -0.606. The van der Waals surface area contributed by atoms with Crippen LogP contribution in [0.25, 0.3) is 0 Å². The first kappa shape index (κ1) is 10.7. The lowest BCUT2D eigenvalue weighted by atomic mass is 10.1. The molecule has 2 heterocycles. The molecule has 2 aliphatic heterocycles. The highest BCUT2D eigenvalue weighted by Crippen LogP contribution is 2.07. The highest BCUT2D eigenvalue weighted by atomic mass is 16.2. The van der Waals surface area contributed by atoms with E-state index in [0.29, 0.717) is 19.4 Å². The Kier molecular flexibility index (Phi) is 2.93. The summed E-state index contributed by atoms with van der Waals surface area (Å²) in [5.74, 6) is -0.246. The molecule has 1 fully saturated rings. The van der Waals surface area contributed by atoms with Gasteiger partial charge in [-0.15, -0.1) is 5.10 Å². The van der Waals surface area contributed by atoms with Crippen molar-refractivity contribution in [1.82, 2.24) is 10.6 Å². The lowest BCUT2D eigenvalue weighted by Gasteiger charge is -2.16. The molecule has 0 aromatic rings. The van der Waals surface area contributed by atoms with Crippen LogP contribution in [0.5, 0.6) is 0 Å². The summed E-state index contributed by atoms with van der Waals surface area (Å²) < 4.78 is 0. The van der Waals surface area contributed by atoms with Crippen molar-refractivity contribution in [3.8, 4) is 0 Å². The highest BCUT2D eigenvalue weighted by Gasteiger charge is 2.28. The molecule has 2 amide bonds. The number of hydrogen-bond donors (Lipinski definition) is 2. The van der Waals surface area contributed by atoms with Crippen LogP contribution < -0.4 is 10.6 Å². The normalized spacial score (nSPS) is 25.2. The first-order valence-corrected chi connectivity index (χ1v) is 5.20. The van der Waals surface area contributed by atoms with Crippen LogP contribution in [0.15, 0.2) is 15.4 Å². The predicted octanol–water partition coefficient (Wildman–Crippen LogP) is -0.408. The third kappa shape index (κ3) is 2.23. The van der Waals surface area contributed by atoms with Gasteiger partial charge in [0.2, 0.25) is 11.8 Å². The van der Waals surface area contributed by atoms with Gasteiger partial charge in [-0.05, 0) is 18.6 Å². The highest BCUT2D eigenvalue weighted by molar-refractivity contribution is 5.97. The number of amides is 2. The average Bonchev–Trinajstić information content (AvgIpc) is 2.87. The van der Waals surface area contributed by atoms with Gasteiger partial charge in [-0.2, -0.15) is 5.11 Å². The van der Waals surface area contributed by atoms with Gasteiger partial charge in [0.1, 0.15) is 12.6 Å². The van der Waals surface area contributed by atoms with Crippen LogP contribution in [0.4, 0.5) is 0 Å². The zero-order chi connectivity index (χ0) is 11.5. The topological polar surface area (TPSA) is 95.3 Å². The van der Waals surface area contributed by atoms with E-state index in [1.54, 1.807) is 0 Å². The molecule has 2 rings (SSSR count). The van der Waals surface area contributed by atoms with E-state index in [4.69, 9.17) is 0 Å². The lowest BCUT2D eigenvalue weighted by molar-refractivity contribution is -0.125. The number of nitrogens with zero attached hydrogens (tertiary/aromatic N) is 3. The summed E-state index contributed by atoms with van der Waals surface area (Å²) in [5.41, 5.74) is 0.734. The first-order chi connectivity index (χ1) is 7.66. The number of carbonyl (C=O) groups is 2. The van der Waals surface area contributed by atoms with Gasteiger partial charge >= 0.3 is 0 Å². The van der Waals surface area contributed by atoms with Gasteiger partial charge < -0.3 is 10.6 Å². The van der Waals surface area contributed by atoms with Crippen molar-refractivity contribution in [3.05, 3.63) is 0 Å². The van der Waals surface area contributed by atoms with E-state index < -0.39 is 6.04 Å². The maximum Gasteiger partial charge on any atom is 0.243 e. The molecule has 2 atom stereocenters. The molecule has 2 N–H and O–H groups in total. The summed E-state index contributed by atoms with van der Waals surface area (Å²) >= 11 is 0. The van der Waals surface area contributed by atoms with Crippen LogP contribution >= 0.6 is 0 Å². The Bertz CT molecular complexity index is 376.